The van der Waals surface area contributed by atoms with Crippen molar-refractivity contribution in [3.63, 3.8) is 0 Å². The number of halogens is 1. The van der Waals surface area contributed by atoms with Gasteiger partial charge in [-0.25, -0.2) is 0 Å². The molecular formula is C17H15BrO3. The molecule has 0 aliphatic carbocycles. The van der Waals surface area contributed by atoms with Gasteiger partial charge in [-0.05, 0) is 40.5 Å². The molecule has 0 spiro atoms. The van der Waals surface area contributed by atoms with Crippen molar-refractivity contribution in [1.29, 1.82) is 0 Å². The highest BCUT2D eigenvalue weighted by Crippen LogP contribution is 2.31. The minimum absolute atomic E-state index is 0.00639. The molecule has 3 nitrogen and oxygen atoms in total. The molecule has 1 aliphatic rings. The lowest BCUT2D eigenvalue weighted by Gasteiger charge is -2.11. The van der Waals surface area contributed by atoms with Gasteiger partial charge in [-0.2, -0.15) is 0 Å². The standard InChI is InChI=1S/C17H15BrO3/c1-11-5-2-3-6-13(11)17(19)14-7-4-8-15(16(14)18)21-10-12-9-20-12/h2-8,12H,9-10H2,1H3. The van der Waals surface area contributed by atoms with E-state index in [0.717, 1.165) is 12.2 Å². The molecule has 0 radical (unpaired) electrons. The molecule has 1 unspecified atom stereocenters. The van der Waals surface area contributed by atoms with Crippen LogP contribution in [0.5, 0.6) is 5.75 Å². The number of hydrogen-bond acceptors (Lipinski definition) is 3. The van der Waals surface area contributed by atoms with Gasteiger partial charge in [-0.1, -0.05) is 30.3 Å². The number of hydrogen-bond donors (Lipinski definition) is 0. The molecule has 1 heterocycles. The summed E-state index contributed by atoms with van der Waals surface area (Å²) >= 11 is 3.49. The van der Waals surface area contributed by atoms with Crippen molar-refractivity contribution >= 4 is 21.7 Å². The zero-order chi connectivity index (χ0) is 14.8. The summed E-state index contributed by atoms with van der Waals surface area (Å²) in [7, 11) is 0. The fourth-order valence-corrected chi connectivity index (χ4v) is 2.68. The van der Waals surface area contributed by atoms with Crippen molar-refractivity contribution in [1.82, 2.24) is 0 Å². The Hall–Kier alpha value is -1.65. The highest BCUT2D eigenvalue weighted by Gasteiger charge is 2.24. The van der Waals surface area contributed by atoms with Crippen molar-refractivity contribution in [2.45, 2.75) is 13.0 Å². The highest BCUT2D eigenvalue weighted by atomic mass is 79.9. The number of rotatable bonds is 5. The van der Waals surface area contributed by atoms with Crippen LogP contribution in [-0.4, -0.2) is 25.1 Å². The Bertz CT molecular complexity index is 677. The lowest BCUT2D eigenvalue weighted by Crippen LogP contribution is -2.08. The first kappa shape index (κ1) is 14.3. The van der Waals surface area contributed by atoms with E-state index in [1.807, 2.05) is 43.3 Å². The SMILES string of the molecule is Cc1ccccc1C(=O)c1cccc(OCC2CO2)c1Br. The maximum absolute atomic E-state index is 12.7. The first-order chi connectivity index (χ1) is 10.2. The first-order valence-corrected chi connectivity index (χ1v) is 7.59. The van der Waals surface area contributed by atoms with Gasteiger partial charge in [-0.15, -0.1) is 0 Å². The second-order valence-corrected chi connectivity index (χ2v) is 5.82. The fraction of sp³-hybridized carbons (Fsp3) is 0.235. The molecule has 0 amide bonds. The van der Waals surface area contributed by atoms with Gasteiger partial charge < -0.3 is 9.47 Å². The zero-order valence-electron chi connectivity index (χ0n) is 11.6. The van der Waals surface area contributed by atoms with Crippen LogP contribution >= 0.6 is 15.9 Å². The molecule has 0 saturated carbocycles. The molecule has 2 aromatic carbocycles. The summed E-state index contributed by atoms with van der Waals surface area (Å²) in [6, 6.07) is 13.1. The predicted octanol–water partition coefficient (Wildman–Crippen LogP) is 3.77. The molecular weight excluding hydrogens is 332 g/mol. The molecule has 0 aromatic heterocycles. The molecule has 1 fully saturated rings. The summed E-state index contributed by atoms with van der Waals surface area (Å²) in [5.41, 5.74) is 2.28. The van der Waals surface area contributed by atoms with E-state index in [0.29, 0.717) is 28.0 Å². The molecule has 0 N–H and O–H groups in total. The highest BCUT2D eigenvalue weighted by molar-refractivity contribution is 9.10. The average molecular weight is 347 g/mol. The van der Waals surface area contributed by atoms with E-state index in [2.05, 4.69) is 15.9 Å². The molecule has 108 valence electrons. The minimum atomic E-state index is -0.00639. The van der Waals surface area contributed by atoms with Crippen LogP contribution in [0.15, 0.2) is 46.9 Å². The maximum atomic E-state index is 12.7. The average Bonchev–Trinajstić information content (AvgIpc) is 3.30. The molecule has 1 aliphatic heterocycles. The van der Waals surface area contributed by atoms with Crippen LogP contribution in [0.25, 0.3) is 0 Å². The van der Waals surface area contributed by atoms with Crippen molar-refractivity contribution in [2.75, 3.05) is 13.2 Å². The van der Waals surface area contributed by atoms with Gasteiger partial charge >= 0.3 is 0 Å². The second kappa shape index (κ2) is 6.00. The second-order valence-electron chi connectivity index (χ2n) is 5.03. The van der Waals surface area contributed by atoms with Crippen molar-refractivity contribution < 1.29 is 14.3 Å². The van der Waals surface area contributed by atoms with E-state index in [1.165, 1.54) is 0 Å². The van der Waals surface area contributed by atoms with Gasteiger partial charge in [-0.3, -0.25) is 4.79 Å². The fourth-order valence-electron chi connectivity index (χ4n) is 2.12. The monoisotopic (exact) mass is 346 g/mol. The maximum Gasteiger partial charge on any atom is 0.194 e. The van der Waals surface area contributed by atoms with E-state index in [4.69, 9.17) is 9.47 Å². The number of carbonyl (C=O) groups excluding carboxylic acids is 1. The number of carbonyl (C=O) groups is 1. The van der Waals surface area contributed by atoms with Crippen LogP contribution in [0, 0.1) is 6.92 Å². The summed E-state index contributed by atoms with van der Waals surface area (Å²) in [5, 5.41) is 0. The van der Waals surface area contributed by atoms with Gasteiger partial charge in [0.1, 0.15) is 18.5 Å². The molecule has 2 aromatic rings. The van der Waals surface area contributed by atoms with Crippen molar-refractivity contribution in [2.24, 2.45) is 0 Å². The van der Waals surface area contributed by atoms with Crippen molar-refractivity contribution in [3.8, 4) is 5.75 Å². The molecule has 21 heavy (non-hydrogen) atoms. The third kappa shape index (κ3) is 3.17. The van der Waals surface area contributed by atoms with E-state index in [-0.39, 0.29) is 11.9 Å². The predicted molar refractivity (Wildman–Crippen MR) is 84.0 cm³/mol. The van der Waals surface area contributed by atoms with Gasteiger partial charge in [0.15, 0.2) is 5.78 Å². The molecule has 0 bridgehead atoms. The third-order valence-electron chi connectivity index (χ3n) is 3.42. The van der Waals surface area contributed by atoms with Crippen LogP contribution in [-0.2, 0) is 4.74 Å². The minimum Gasteiger partial charge on any atom is -0.490 e. The number of aryl methyl sites for hydroxylation is 1. The Kier molecular flexibility index (Phi) is 4.08. The summed E-state index contributed by atoms with van der Waals surface area (Å²) in [4.78, 5) is 12.7. The van der Waals surface area contributed by atoms with E-state index in [1.54, 1.807) is 6.07 Å². The quantitative estimate of drug-likeness (QED) is 0.611. The van der Waals surface area contributed by atoms with Crippen LogP contribution in [0.2, 0.25) is 0 Å². The number of ether oxygens (including phenoxy) is 2. The molecule has 4 heteroatoms. The Labute approximate surface area is 132 Å². The van der Waals surface area contributed by atoms with Crippen LogP contribution in [0.4, 0.5) is 0 Å². The van der Waals surface area contributed by atoms with Crippen LogP contribution < -0.4 is 4.74 Å². The van der Waals surface area contributed by atoms with E-state index in [9.17, 15) is 4.79 Å². The number of benzene rings is 2. The van der Waals surface area contributed by atoms with Crippen molar-refractivity contribution in [3.05, 3.63) is 63.6 Å². The Balaban J connectivity index is 1.89. The number of epoxide rings is 1. The van der Waals surface area contributed by atoms with Gasteiger partial charge in [0.05, 0.1) is 11.1 Å². The number of ketones is 1. The first-order valence-electron chi connectivity index (χ1n) is 6.80. The normalized spacial score (nSPS) is 16.6. The van der Waals surface area contributed by atoms with E-state index < -0.39 is 0 Å². The Morgan fingerprint density at radius 1 is 1.24 bits per heavy atom. The summed E-state index contributed by atoms with van der Waals surface area (Å²) < 4.78 is 11.5. The molecule has 1 atom stereocenters. The van der Waals surface area contributed by atoms with Crippen LogP contribution in [0.1, 0.15) is 21.5 Å². The summed E-state index contributed by atoms with van der Waals surface area (Å²) in [6.45, 7) is 3.20. The third-order valence-corrected chi connectivity index (χ3v) is 4.24. The van der Waals surface area contributed by atoms with Gasteiger partial charge in [0.25, 0.3) is 0 Å². The largest absolute Gasteiger partial charge is 0.490 e. The molecule has 3 rings (SSSR count). The smallest absolute Gasteiger partial charge is 0.194 e. The lowest BCUT2D eigenvalue weighted by atomic mass is 9.99. The van der Waals surface area contributed by atoms with E-state index >= 15 is 0 Å². The topological polar surface area (TPSA) is 38.8 Å². The Morgan fingerprint density at radius 3 is 2.67 bits per heavy atom. The van der Waals surface area contributed by atoms with Crippen LogP contribution in [0.3, 0.4) is 0 Å². The Morgan fingerprint density at radius 2 is 1.95 bits per heavy atom. The zero-order valence-corrected chi connectivity index (χ0v) is 13.2. The van der Waals surface area contributed by atoms with Gasteiger partial charge in [0.2, 0.25) is 0 Å². The summed E-state index contributed by atoms with van der Waals surface area (Å²) in [6.07, 6.45) is 0.188. The van der Waals surface area contributed by atoms with Gasteiger partial charge in [0, 0.05) is 11.1 Å². The lowest BCUT2D eigenvalue weighted by molar-refractivity contribution is 0.103. The summed E-state index contributed by atoms with van der Waals surface area (Å²) in [5.74, 6) is 0.665. The molecule has 1 saturated heterocycles.